The van der Waals surface area contributed by atoms with E-state index >= 15 is 0 Å². The van der Waals surface area contributed by atoms with E-state index in [0.29, 0.717) is 6.61 Å². The Morgan fingerprint density at radius 3 is 2.71 bits per heavy atom. The quantitative estimate of drug-likeness (QED) is 0.451. The zero-order chi connectivity index (χ0) is 19.3. The van der Waals surface area contributed by atoms with Gasteiger partial charge in [0.25, 0.3) is 0 Å². The topological polar surface area (TPSA) is 62.8 Å². The van der Waals surface area contributed by atoms with Gasteiger partial charge in [-0.05, 0) is 48.4 Å². The number of ether oxygens (including phenoxy) is 1. The summed E-state index contributed by atoms with van der Waals surface area (Å²) in [5.41, 5.74) is 5.57. The average molecular weight is 376 g/mol. The van der Waals surface area contributed by atoms with Gasteiger partial charge >= 0.3 is 0 Å². The van der Waals surface area contributed by atoms with E-state index in [1.165, 1.54) is 12.1 Å². The third-order valence-electron chi connectivity index (χ3n) is 4.57. The molecule has 4 rings (SSSR count). The van der Waals surface area contributed by atoms with Gasteiger partial charge in [-0.2, -0.15) is 0 Å². The van der Waals surface area contributed by atoms with Crippen LogP contribution in [0.3, 0.4) is 0 Å². The summed E-state index contributed by atoms with van der Waals surface area (Å²) >= 11 is 0. The predicted octanol–water partition coefficient (Wildman–Crippen LogP) is 4.88. The van der Waals surface area contributed by atoms with Gasteiger partial charge in [-0.25, -0.2) is 9.37 Å². The maximum Gasteiger partial charge on any atom is 0.126 e. The number of halogens is 1. The van der Waals surface area contributed by atoms with Gasteiger partial charge in [-0.1, -0.05) is 12.1 Å². The Labute approximate surface area is 162 Å². The third kappa shape index (κ3) is 3.73. The van der Waals surface area contributed by atoms with Gasteiger partial charge in [-0.3, -0.25) is 4.98 Å². The van der Waals surface area contributed by atoms with E-state index in [4.69, 9.17) is 4.74 Å². The lowest BCUT2D eigenvalue weighted by Gasteiger charge is -2.09. The molecule has 0 aliphatic heterocycles. The fourth-order valence-corrected chi connectivity index (χ4v) is 3.25. The van der Waals surface area contributed by atoms with Crippen LogP contribution in [0.5, 0.6) is 0 Å². The Morgan fingerprint density at radius 1 is 1.04 bits per heavy atom. The summed E-state index contributed by atoms with van der Waals surface area (Å²) in [7, 11) is 1.69. The molecule has 2 N–H and O–H groups in total. The second-order valence-corrected chi connectivity index (χ2v) is 6.48. The van der Waals surface area contributed by atoms with Crippen LogP contribution < -0.4 is 5.32 Å². The van der Waals surface area contributed by atoms with Crippen molar-refractivity contribution in [3.63, 3.8) is 0 Å². The molecule has 0 fully saturated rings. The van der Waals surface area contributed by atoms with Crippen LogP contribution in [0.15, 0.2) is 60.9 Å². The number of nitrogens with one attached hydrogen (secondary N) is 2. The average Bonchev–Trinajstić information content (AvgIpc) is 3.12. The van der Waals surface area contributed by atoms with Crippen molar-refractivity contribution in [3.8, 4) is 22.4 Å². The van der Waals surface area contributed by atoms with E-state index in [1.54, 1.807) is 31.6 Å². The highest BCUT2D eigenvalue weighted by molar-refractivity contribution is 6.01. The SMILES string of the molecule is COCCCNc1cc(-c2[nH]c3cccnc3c2-c2ccc(F)cc2)ccn1. The van der Waals surface area contributed by atoms with Gasteiger partial charge in [0.1, 0.15) is 11.6 Å². The predicted molar refractivity (Wildman–Crippen MR) is 110 cm³/mol. The van der Waals surface area contributed by atoms with Crippen molar-refractivity contribution in [2.24, 2.45) is 0 Å². The van der Waals surface area contributed by atoms with Crippen LogP contribution >= 0.6 is 0 Å². The van der Waals surface area contributed by atoms with E-state index in [2.05, 4.69) is 20.3 Å². The molecule has 1 aromatic carbocycles. The molecular formula is C22H21FN4O. The monoisotopic (exact) mass is 376 g/mol. The molecule has 5 nitrogen and oxygen atoms in total. The van der Waals surface area contributed by atoms with Crippen LogP contribution in [0, 0.1) is 5.82 Å². The number of hydrogen-bond donors (Lipinski definition) is 2. The molecule has 28 heavy (non-hydrogen) atoms. The summed E-state index contributed by atoms with van der Waals surface area (Å²) < 4.78 is 18.5. The molecule has 0 saturated carbocycles. The van der Waals surface area contributed by atoms with Crippen molar-refractivity contribution < 1.29 is 9.13 Å². The number of aromatic nitrogens is 3. The third-order valence-corrected chi connectivity index (χ3v) is 4.57. The maximum absolute atomic E-state index is 13.4. The molecule has 0 radical (unpaired) electrons. The van der Waals surface area contributed by atoms with Crippen LogP contribution in [0.4, 0.5) is 10.2 Å². The van der Waals surface area contributed by atoms with Crippen molar-refractivity contribution in [3.05, 3.63) is 66.7 Å². The maximum atomic E-state index is 13.4. The van der Waals surface area contributed by atoms with Crippen molar-refractivity contribution in [1.82, 2.24) is 15.0 Å². The second kappa shape index (κ2) is 8.19. The molecule has 0 unspecified atom stereocenters. The summed E-state index contributed by atoms with van der Waals surface area (Å²) in [6, 6.07) is 14.3. The number of pyridine rings is 2. The first-order chi connectivity index (χ1) is 13.8. The number of aromatic amines is 1. The van der Waals surface area contributed by atoms with Crippen LogP contribution in [0.25, 0.3) is 33.4 Å². The van der Waals surface area contributed by atoms with E-state index in [-0.39, 0.29) is 5.82 Å². The molecule has 6 heteroatoms. The van der Waals surface area contributed by atoms with Gasteiger partial charge in [0.2, 0.25) is 0 Å². The molecule has 0 aliphatic rings. The van der Waals surface area contributed by atoms with Gasteiger partial charge in [0.15, 0.2) is 0 Å². The van der Waals surface area contributed by atoms with Crippen LogP contribution in [-0.4, -0.2) is 35.2 Å². The van der Waals surface area contributed by atoms with Gasteiger partial charge in [0, 0.05) is 43.8 Å². The molecular weight excluding hydrogens is 355 g/mol. The first-order valence-corrected chi connectivity index (χ1v) is 9.18. The Kier molecular flexibility index (Phi) is 5.30. The smallest absolute Gasteiger partial charge is 0.126 e. The molecule has 4 aromatic rings. The largest absolute Gasteiger partial charge is 0.385 e. The number of methoxy groups -OCH3 is 1. The zero-order valence-corrected chi connectivity index (χ0v) is 15.6. The summed E-state index contributed by atoms with van der Waals surface area (Å²) in [6.45, 7) is 1.48. The molecule has 0 saturated heterocycles. The fraction of sp³-hybridized carbons (Fsp3) is 0.182. The summed E-state index contributed by atoms with van der Waals surface area (Å²) in [5, 5.41) is 3.32. The summed E-state index contributed by atoms with van der Waals surface area (Å²) in [6.07, 6.45) is 4.45. The van der Waals surface area contributed by atoms with E-state index < -0.39 is 0 Å². The molecule has 0 atom stereocenters. The minimum atomic E-state index is -0.260. The first-order valence-electron chi connectivity index (χ1n) is 9.18. The minimum absolute atomic E-state index is 0.260. The van der Waals surface area contributed by atoms with Crippen LogP contribution in [-0.2, 0) is 4.74 Å². The zero-order valence-electron chi connectivity index (χ0n) is 15.6. The number of hydrogen-bond acceptors (Lipinski definition) is 4. The lowest BCUT2D eigenvalue weighted by Crippen LogP contribution is -2.05. The normalized spacial score (nSPS) is 11.1. The van der Waals surface area contributed by atoms with Crippen LogP contribution in [0.2, 0.25) is 0 Å². The number of anilines is 1. The lowest BCUT2D eigenvalue weighted by atomic mass is 10.0. The van der Waals surface area contributed by atoms with Crippen molar-refractivity contribution in [1.29, 1.82) is 0 Å². The highest BCUT2D eigenvalue weighted by Crippen LogP contribution is 2.37. The fourth-order valence-electron chi connectivity index (χ4n) is 3.25. The van der Waals surface area contributed by atoms with Gasteiger partial charge < -0.3 is 15.0 Å². The minimum Gasteiger partial charge on any atom is -0.385 e. The molecule has 0 amide bonds. The highest BCUT2D eigenvalue weighted by atomic mass is 19.1. The first kappa shape index (κ1) is 18.1. The standard InChI is InChI=1S/C22H21FN4O/c1-28-13-3-11-24-19-14-16(9-12-25-19)21-20(15-5-7-17(23)8-6-15)22-18(27-21)4-2-10-26-22/h2,4-10,12,14,27H,3,11,13H2,1H3,(H,24,25). The van der Waals surface area contributed by atoms with Crippen molar-refractivity contribution in [2.75, 3.05) is 25.6 Å². The number of rotatable bonds is 7. The van der Waals surface area contributed by atoms with Gasteiger partial charge in [0.05, 0.1) is 16.7 Å². The second-order valence-electron chi connectivity index (χ2n) is 6.48. The molecule has 142 valence electrons. The Balaban J connectivity index is 1.76. The summed E-state index contributed by atoms with van der Waals surface area (Å²) in [4.78, 5) is 12.4. The van der Waals surface area contributed by atoms with E-state index in [0.717, 1.165) is 52.2 Å². The lowest BCUT2D eigenvalue weighted by molar-refractivity contribution is 0.198. The molecule has 0 spiro atoms. The van der Waals surface area contributed by atoms with Crippen LogP contribution in [0.1, 0.15) is 6.42 Å². The van der Waals surface area contributed by atoms with Crippen molar-refractivity contribution in [2.45, 2.75) is 6.42 Å². The Hall–Kier alpha value is -3.25. The number of fused-ring (bicyclic) bond motifs is 1. The molecule has 3 heterocycles. The number of benzene rings is 1. The number of nitrogens with zero attached hydrogens (tertiary/aromatic N) is 2. The molecule has 3 aromatic heterocycles. The Bertz CT molecular complexity index is 1080. The van der Waals surface area contributed by atoms with Gasteiger partial charge in [-0.15, -0.1) is 0 Å². The van der Waals surface area contributed by atoms with E-state index in [1.807, 2.05) is 24.3 Å². The highest BCUT2D eigenvalue weighted by Gasteiger charge is 2.16. The Morgan fingerprint density at radius 2 is 1.89 bits per heavy atom. The van der Waals surface area contributed by atoms with E-state index in [9.17, 15) is 4.39 Å². The number of H-pyrrole nitrogens is 1. The molecule has 0 bridgehead atoms. The molecule has 0 aliphatic carbocycles. The summed E-state index contributed by atoms with van der Waals surface area (Å²) in [5.74, 6) is 0.537. The van der Waals surface area contributed by atoms with Crippen molar-refractivity contribution >= 4 is 16.9 Å².